The molecule has 2 N–H and O–H groups in total. The molecule has 0 aromatic rings. The minimum atomic E-state index is -0.833. The van der Waals surface area contributed by atoms with E-state index in [1.807, 2.05) is 13.8 Å². The normalized spacial score (nSPS) is 10.6. The van der Waals surface area contributed by atoms with E-state index in [9.17, 15) is 5.11 Å². The summed E-state index contributed by atoms with van der Waals surface area (Å²) in [5.41, 5.74) is -0.455. The molecule has 3 heteroatoms. The van der Waals surface area contributed by atoms with Crippen LogP contribution >= 0.6 is 0 Å². The summed E-state index contributed by atoms with van der Waals surface area (Å²) in [6.45, 7) is 7.11. The van der Waals surface area contributed by atoms with E-state index in [0.29, 0.717) is 0 Å². The zero-order valence-electron chi connectivity index (χ0n) is 12.0. The molecule has 0 aromatic heterocycles. The van der Waals surface area contributed by atoms with Gasteiger partial charge in [-0.15, -0.1) is 0 Å². The summed E-state index contributed by atoms with van der Waals surface area (Å²) in [5.74, 6) is -0.833. The van der Waals surface area contributed by atoms with Gasteiger partial charge in [0.2, 0.25) is 0 Å². The van der Waals surface area contributed by atoms with Gasteiger partial charge in [-0.1, -0.05) is 51.9 Å². The van der Waals surface area contributed by atoms with E-state index in [0.717, 1.165) is 13.3 Å². The quantitative estimate of drug-likeness (QED) is 0.637. The number of rotatable bonds is 8. The van der Waals surface area contributed by atoms with Crippen molar-refractivity contribution in [2.45, 2.75) is 84.7 Å². The molecule has 0 amide bonds. The second-order valence-electron chi connectivity index (χ2n) is 5.20. The number of hydrogen-bond acceptors (Lipinski definition) is 2. The molecule has 0 aromatic carbocycles. The molecule has 0 heterocycles. The van der Waals surface area contributed by atoms with Crippen molar-refractivity contribution < 1.29 is 15.0 Å². The molecule has 0 fully saturated rings. The van der Waals surface area contributed by atoms with Crippen LogP contribution in [0.3, 0.4) is 0 Å². The third-order valence-electron chi connectivity index (χ3n) is 2.39. The molecule has 0 unspecified atom stereocenters. The van der Waals surface area contributed by atoms with Crippen LogP contribution in [0, 0.1) is 0 Å². The molecule has 0 bridgehead atoms. The SMILES string of the molecule is CC(=O)O.CCCCCCCCCC(C)(C)O. The summed E-state index contributed by atoms with van der Waals surface area (Å²) in [7, 11) is 0. The third kappa shape index (κ3) is 31.3. The van der Waals surface area contributed by atoms with Crippen LogP contribution in [0.15, 0.2) is 0 Å². The lowest BCUT2D eigenvalue weighted by Gasteiger charge is -2.16. The van der Waals surface area contributed by atoms with E-state index in [2.05, 4.69) is 6.92 Å². The lowest BCUT2D eigenvalue weighted by atomic mass is 10.00. The highest BCUT2D eigenvalue weighted by Gasteiger charge is 2.10. The van der Waals surface area contributed by atoms with Crippen molar-refractivity contribution in [3.63, 3.8) is 0 Å². The Morgan fingerprint density at radius 2 is 1.35 bits per heavy atom. The Hall–Kier alpha value is -0.570. The first-order chi connectivity index (χ1) is 7.79. The Bertz CT molecular complexity index is 167. The van der Waals surface area contributed by atoms with Gasteiger partial charge in [0, 0.05) is 6.92 Å². The average Bonchev–Trinajstić information content (AvgIpc) is 2.14. The summed E-state index contributed by atoms with van der Waals surface area (Å²) in [6.07, 6.45) is 10.2. The molecule has 0 aliphatic rings. The monoisotopic (exact) mass is 246 g/mol. The summed E-state index contributed by atoms with van der Waals surface area (Å²) < 4.78 is 0. The van der Waals surface area contributed by atoms with Crippen molar-refractivity contribution in [1.82, 2.24) is 0 Å². The Kier molecular flexibility index (Phi) is 13.2. The van der Waals surface area contributed by atoms with Crippen molar-refractivity contribution in [2.24, 2.45) is 0 Å². The van der Waals surface area contributed by atoms with Crippen LogP contribution in [0.5, 0.6) is 0 Å². The largest absolute Gasteiger partial charge is 0.481 e. The van der Waals surface area contributed by atoms with Gasteiger partial charge >= 0.3 is 0 Å². The Morgan fingerprint density at radius 3 is 1.71 bits per heavy atom. The zero-order chi connectivity index (χ0) is 13.7. The standard InChI is InChI=1S/C12H26O.C2H4O2/c1-4-5-6-7-8-9-10-11-12(2,3)13;1-2(3)4/h13H,4-11H2,1-3H3;1H3,(H,3,4). The minimum Gasteiger partial charge on any atom is -0.481 e. The highest BCUT2D eigenvalue weighted by molar-refractivity contribution is 5.62. The minimum absolute atomic E-state index is 0.455. The Morgan fingerprint density at radius 1 is 1.00 bits per heavy atom. The van der Waals surface area contributed by atoms with E-state index >= 15 is 0 Å². The van der Waals surface area contributed by atoms with E-state index in [-0.39, 0.29) is 0 Å². The Labute approximate surface area is 106 Å². The fourth-order valence-corrected chi connectivity index (χ4v) is 1.51. The Balaban J connectivity index is 0. The molecular formula is C14H30O3. The van der Waals surface area contributed by atoms with Crippen LogP contribution in [0.4, 0.5) is 0 Å². The molecule has 0 aliphatic heterocycles. The smallest absolute Gasteiger partial charge is 0.300 e. The molecule has 0 saturated heterocycles. The molecule has 3 nitrogen and oxygen atoms in total. The van der Waals surface area contributed by atoms with Gasteiger partial charge in [0.25, 0.3) is 5.97 Å². The molecule has 0 saturated carbocycles. The summed E-state index contributed by atoms with van der Waals surface area (Å²) in [6, 6.07) is 0. The maximum absolute atomic E-state index is 9.46. The van der Waals surface area contributed by atoms with Crippen molar-refractivity contribution in [3.8, 4) is 0 Å². The lowest BCUT2D eigenvalue weighted by Crippen LogP contribution is -2.17. The van der Waals surface area contributed by atoms with Crippen LogP contribution in [0.25, 0.3) is 0 Å². The van der Waals surface area contributed by atoms with Crippen LogP contribution in [0.2, 0.25) is 0 Å². The van der Waals surface area contributed by atoms with E-state index in [1.54, 1.807) is 0 Å². The van der Waals surface area contributed by atoms with Gasteiger partial charge in [0.15, 0.2) is 0 Å². The molecule has 0 spiro atoms. The van der Waals surface area contributed by atoms with Gasteiger partial charge in [-0.25, -0.2) is 0 Å². The maximum atomic E-state index is 9.46. The highest BCUT2D eigenvalue weighted by Crippen LogP contribution is 2.14. The number of hydrogen-bond donors (Lipinski definition) is 2. The molecule has 0 atom stereocenters. The predicted molar refractivity (Wildman–Crippen MR) is 72.2 cm³/mol. The maximum Gasteiger partial charge on any atom is 0.300 e. The molecule has 0 aliphatic carbocycles. The van der Waals surface area contributed by atoms with Gasteiger partial charge in [-0.3, -0.25) is 4.79 Å². The van der Waals surface area contributed by atoms with E-state index < -0.39 is 11.6 Å². The van der Waals surface area contributed by atoms with Crippen molar-refractivity contribution >= 4 is 5.97 Å². The number of aliphatic hydroxyl groups is 1. The molecule has 17 heavy (non-hydrogen) atoms. The number of carboxylic acids is 1. The number of carboxylic acid groups (broad SMARTS) is 1. The van der Waals surface area contributed by atoms with Gasteiger partial charge in [0.1, 0.15) is 0 Å². The first-order valence-electron chi connectivity index (χ1n) is 6.71. The van der Waals surface area contributed by atoms with Gasteiger partial charge in [-0.2, -0.15) is 0 Å². The topological polar surface area (TPSA) is 57.5 Å². The van der Waals surface area contributed by atoms with Crippen LogP contribution in [0.1, 0.15) is 79.1 Å². The molecular weight excluding hydrogens is 216 g/mol. The van der Waals surface area contributed by atoms with Gasteiger partial charge < -0.3 is 10.2 Å². The second kappa shape index (κ2) is 11.9. The van der Waals surface area contributed by atoms with Gasteiger partial charge in [0.05, 0.1) is 5.60 Å². The molecule has 0 rings (SSSR count). The predicted octanol–water partition coefficient (Wildman–Crippen LogP) is 3.99. The number of unbranched alkanes of at least 4 members (excludes halogenated alkanes) is 6. The van der Waals surface area contributed by atoms with Crippen molar-refractivity contribution in [2.75, 3.05) is 0 Å². The molecule has 104 valence electrons. The molecule has 0 radical (unpaired) electrons. The second-order valence-corrected chi connectivity index (χ2v) is 5.20. The first kappa shape index (κ1) is 18.8. The first-order valence-corrected chi connectivity index (χ1v) is 6.71. The van der Waals surface area contributed by atoms with Crippen LogP contribution in [-0.2, 0) is 4.79 Å². The van der Waals surface area contributed by atoms with Gasteiger partial charge in [-0.05, 0) is 20.3 Å². The third-order valence-corrected chi connectivity index (χ3v) is 2.39. The van der Waals surface area contributed by atoms with Crippen molar-refractivity contribution in [1.29, 1.82) is 0 Å². The average molecular weight is 246 g/mol. The number of aliphatic carboxylic acids is 1. The fraction of sp³-hybridized carbons (Fsp3) is 0.929. The summed E-state index contributed by atoms with van der Waals surface area (Å²) >= 11 is 0. The van der Waals surface area contributed by atoms with E-state index in [4.69, 9.17) is 9.90 Å². The lowest BCUT2D eigenvalue weighted by molar-refractivity contribution is -0.134. The summed E-state index contributed by atoms with van der Waals surface area (Å²) in [4.78, 5) is 9.00. The fourth-order valence-electron chi connectivity index (χ4n) is 1.51. The van der Waals surface area contributed by atoms with Crippen LogP contribution in [-0.4, -0.2) is 21.8 Å². The highest BCUT2D eigenvalue weighted by atomic mass is 16.4. The van der Waals surface area contributed by atoms with Crippen LogP contribution < -0.4 is 0 Å². The zero-order valence-corrected chi connectivity index (χ0v) is 12.0. The number of carbonyl (C=O) groups is 1. The van der Waals surface area contributed by atoms with E-state index in [1.165, 1.54) is 44.9 Å². The van der Waals surface area contributed by atoms with Crippen molar-refractivity contribution in [3.05, 3.63) is 0 Å². The summed E-state index contributed by atoms with van der Waals surface area (Å²) in [5, 5.41) is 16.9.